The Morgan fingerprint density at radius 2 is 1.65 bits per heavy atom. The second kappa shape index (κ2) is 6.60. The van der Waals surface area contributed by atoms with Crippen LogP contribution in [0.4, 0.5) is 0 Å². The smallest absolute Gasteiger partial charge is 0.399 e. The molecule has 0 atom stereocenters. The van der Waals surface area contributed by atoms with E-state index in [4.69, 9.17) is 9.31 Å². The van der Waals surface area contributed by atoms with Crippen LogP contribution in [0.1, 0.15) is 71.8 Å². The Hall–Kier alpha value is -0.795. The van der Waals surface area contributed by atoms with Crippen LogP contribution in [0.3, 0.4) is 0 Å². The van der Waals surface area contributed by atoms with Gasteiger partial charge in [-0.05, 0) is 57.5 Å². The molecular formula is C20H31BO2. The van der Waals surface area contributed by atoms with Crippen molar-refractivity contribution >= 4 is 12.6 Å². The fraction of sp³-hybridized carbons (Fsp3) is 0.700. The van der Waals surface area contributed by atoms with E-state index in [1.165, 1.54) is 50.5 Å². The molecule has 1 aliphatic carbocycles. The van der Waals surface area contributed by atoms with Gasteiger partial charge in [-0.2, -0.15) is 0 Å². The first kappa shape index (κ1) is 17.0. The summed E-state index contributed by atoms with van der Waals surface area (Å²) in [5, 5.41) is 0. The largest absolute Gasteiger partial charge is 0.494 e. The fourth-order valence-electron chi connectivity index (χ4n) is 3.72. The van der Waals surface area contributed by atoms with Crippen LogP contribution in [0, 0.1) is 5.92 Å². The minimum absolute atomic E-state index is 0.241. The van der Waals surface area contributed by atoms with Gasteiger partial charge in [0.15, 0.2) is 0 Å². The van der Waals surface area contributed by atoms with E-state index in [9.17, 15) is 0 Å². The van der Waals surface area contributed by atoms with Gasteiger partial charge in [0.25, 0.3) is 0 Å². The molecule has 1 aromatic rings. The molecule has 0 bridgehead atoms. The first-order valence-electron chi connectivity index (χ1n) is 9.32. The molecule has 3 rings (SSSR count). The predicted molar refractivity (Wildman–Crippen MR) is 97.1 cm³/mol. The summed E-state index contributed by atoms with van der Waals surface area (Å²) in [4.78, 5) is 0. The van der Waals surface area contributed by atoms with Crippen LogP contribution >= 0.6 is 0 Å². The van der Waals surface area contributed by atoms with Crippen molar-refractivity contribution in [3.63, 3.8) is 0 Å². The highest BCUT2D eigenvalue weighted by molar-refractivity contribution is 6.62. The van der Waals surface area contributed by atoms with Crippen molar-refractivity contribution < 1.29 is 9.31 Å². The SMILES string of the molecule is CC1(C)OB(c2cccc(CCC3CCCCC3)c2)OC1(C)C. The van der Waals surface area contributed by atoms with E-state index in [0.717, 1.165) is 11.4 Å². The molecule has 0 spiro atoms. The summed E-state index contributed by atoms with van der Waals surface area (Å²) in [7, 11) is -0.241. The normalized spacial score (nSPS) is 24.1. The molecule has 1 saturated carbocycles. The monoisotopic (exact) mass is 314 g/mol. The standard InChI is InChI=1S/C20H31BO2/c1-19(2)20(3,4)23-21(22-19)18-12-8-11-17(15-18)14-13-16-9-6-5-7-10-16/h8,11-12,15-16H,5-7,9-10,13-14H2,1-4H3. The van der Waals surface area contributed by atoms with Gasteiger partial charge in [0.2, 0.25) is 0 Å². The predicted octanol–water partition coefficient (Wildman–Crippen LogP) is 4.50. The molecule has 0 unspecified atom stereocenters. The zero-order valence-electron chi connectivity index (χ0n) is 15.2. The minimum Gasteiger partial charge on any atom is -0.399 e. The Labute approximate surface area is 142 Å². The Morgan fingerprint density at radius 3 is 2.30 bits per heavy atom. The molecule has 0 amide bonds. The highest BCUT2D eigenvalue weighted by atomic mass is 16.7. The lowest BCUT2D eigenvalue weighted by Crippen LogP contribution is -2.41. The molecule has 3 heteroatoms. The highest BCUT2D eigenvalue weighted by Crippen LogP contribution is 2.36. The van der Waals surface area contributed by atoms with E-state index in [1.54, 1.807) is 0 Å². The van der Waals surface area contributed by atoms with E-state index in [1.807, 2.05) is 0 Å². The maximum atomic E-state index is 6.18. The topological polar surface area (TPSA) is 18.5 Å². The van der Waals surface area contributed by atoms with Crippen molar-refractivity contribution in [1.82, 2.24) is 0 Å². The van der Waals surface area contributed by atoms with Crippen molar-refractivity contribution in [2.75, 3.05) is 0 Å². The Kier molecular flexibility index (Phi) is 4.89. The number of hydrogen-bond acceptors (Lipinski definition) is 2. The number of hydrogen-bond donors (Lipinski definition) is 0. The Bertz CT molecular complexity index is 516. The van der Waals surface area contributed by atoms with Crippen molar-refractivity contribution in [1.29, 1.82) is 0 Å². The van der Waals surface area contributed by atoms with Crippen LogP contribution < -0.4 is 5.46 Å². The molecule has 0 aromatic heterocycles. The van der Waals surface area contributed by atoms with Gasteiger partial charge in [-0.1, -0.05) is 56.4 Å². The van der Waals surface area contributed by atoms with Crippen LogP contribution in [0.5, 0.6) is 0 Å². The molecule has 1 saturated heterocycles. The van der Waals surface area contributed by atoms with Crippen LogP contribution in [0.15, 0.2) is 24.3 Å². The maximum Gasteiger partial charge on any atom is 0.494 e. The molecule has 1 heterocycles. The zero-order chi connectivity index (χ0) is 16.5. The fourth-order valence-corrected chi connectivity index (χ4v) is 3.72. The summed E-state index contributed by atoms with van der Waals surface area (Å²) in [6, 6.07) is 8.81. The van der Waals surface area contributed by atoms with Crippen molar-refractivity contribution in [2.45, 2.75) is 83.8 Å². The molecule has 2 fully saturated rings. The molecule has 1 aromatic carbocycles. The van der Waals surface area contributed by atoms with Crippen molar-refractivity contribution in [3.05, 3.63) is 29.8 Å². The van der Waals surface area contributed by atoms with E-state index in [0.29, 0.717) is 0 Å². The van der Waals surface area contributed by atoms with E-state index in [-0.39, 0.29) is 18.3 Å². The molecular weight excluding hydrogens is 283 g/mol. The quantitative estimate of drug-likeness (QED) is 0.762. The number of rotatable bonds is 4. The summed E-state index contributed by atoms with van der Waals surface area (Å²) in [5.41, 5.74) is 2.04. The van der Waals surface area contributed by atoms with Crippen LogP contribution in [-0.2, 0) is 15.7 Å². The molecule has 0 N–H and O–H groups in total. The lowest BCUT2D eigenvalue weighted by atomic mass is 9.77. The van der Waals surface area contributed by atoms with Gasteiger partial charge < -0.3 is 9.31 Å². The summed E-state index contributed by atoms with van der Waals surface area (Å²) >= 11 is 0. The minimum atomic E-state index is -0.268. The van der Waals surface area contributed by atoms with Crippen LogP contribution in [0.25, 0.3) is 0 Å². The molecule has 1 aliphatic heterocycles. The van der Waals surface area contributed by atoms with Crippen molar-refractivity contribution in [2.24, 2.45) is 5.92 Å². The second-order valence-corrected chi connectivity index (χ2v) is 8.38. The summed E-state index contributed by atoms with van der Waals surface area (Å²) in [6.07, 6.45) is 9.66. The third-order valence-corrected chi connectivity index (χ3v) is 6.04. The third kappa shape index (κ3) is 3.83. The Balaban J connectivity index is 1.63. The number of benzene rings is 1. The van der Waals surface area contributed by atoms with E-state index < -0.39 is 0 Å². The second-order valence-electron chi connectivity index (χ2n) is 8.38. The lowest BCUT2D eigenvalue weighted by molar-refractivity contribution is 0.00578. The van der Waals surface area contributed by atoms with Gasteiger partial charge >= 0.3 is 7.12 Å². The molecule has 126 valence electrons. The molecule has 2 aliphatic rings. The maximum absolute atomic E-state index is 6.18. The van der Waals surface area contributed by atoms with Gasteiger partial charge in [0.05, 0.1) is 11.2 Å². The summed E-state index contributed by atoms with van der Waals surface area (Å²) in [5.74, 6) is 0.934. The Morgan fingerprint density at radius 1 is 1.00 bits per heavy atom. The van der Waals surface area contributed by atoms with Gasteiger partial charge in [0, 0.05) is 0 Å². The summed E-state index contributed by atoms with van der Waals surface area (Å²) < 4.78 is 12.4. The van der Waals surface area contributed by atoms with Gasteiger partial charge in [0.1, 0.15) is 0 Å². The summed E-state index contributed by atoms with van der Waals surface area (Å²) in [6.45, 7) is 8.44. The molecule has 23 heavy (non-hydrogen) atoms. The average Bonchev–Trinajstić information content (AvgIpc) is 2.75. The first-order chi connectivity index (χ1) is 10.9. The highest BCUT2D eigenvalue weighted by Gasteiger charge is 2.51. The molecule has 0 radical (unpaired) electrons. The van der Waals surface area contributed by atoms with Crippen LogP contribution in [0.2, 0.25) is 0 Å². The van der Waals surface area contributed by atoms with Gasteiger partial charge in [-0.25, -0.2) is 0 Å². The number of aryl methyl sites for hydroxylation is 1. The zero-order valence-corrected chi connectivity index (χ0v) is 15.2. The van der Waals surface area contributed by atoms with Gasteiger partial charge in [-0.3, -0.25) is 0 Å². The third-order valence-electron chi connectivity index (χ3n) is 6.04. The van der Waals surface area contributed by atoms with E-state index in [2.05, 4.69) is 52.0 Å². The lowest BCUT2D eigenvalue weighted by Gasteiger charge is -2.32. The average molecular weight is 314 g/mol. The molecule has 2 nitrogen and oxygen atoms in total. The van der Waals surface area contributed by atoms with E-state index >= 15 is 0 Å². The van der Waals surface area contributed by atoms with Crippen LogP contribution in [-0.4, -0.2) is 18.3 Å². The van der Waals surface area contributed by atoms with Gasteiger partial charge in [-0.15, -0.1) is 0 Å². The van der Waals surface area contributed by atoms with Crippen molar-refractivity contribution in [3.8, 4) is 0 Å². The first-order valence-corrected chi connectivity index (χ1v) is 9.32.